The largest absolute Gasteiger partial charge is 0.462 e. The second-order valence-electron chi connectivity index (χ2n) is 2.20. The first-order valence-corrected chi connectivity index (χ1v) is 3.56. The number of carbonyl (C=O) groups excluding carboxylic acids is 1. The SMILES string of the molecule is CC(Cl)C(=O)OCC1CO1. The van der Waals surface area contributed by atoms with Crippen LogP contribution in [0.3, 0.4) is 0 Å². The molecule has 2 unspecified atom stereocenters. The maximum Gasteiger partial charge on any atom is 0.323 e. The van der Waals surface area contributed by atoms with Crippen LogP contribution in [0.4, 0.5) is 0 Å². The molecule has 0 aromatic rings. The van der Waals surface area contributed by atoms with Gasteiger partial charge in [0.1, 0.15) is 18.1 Å². The minimum absolute atomic E-state index is 0.124. The highest BCUT2D eigenvalue weighted by molar-refractivity contribution is 6.29. The van der Waals surface area contributed by atoms with E-state index < -0.39 is 5.38 Å². The Balaban J connectivity index is 2.05. The van der Waals surface area contributed by atoms with Crippen LogP contribution in [0.25, 0.3) is 0 Å². The van der Waals surface area contributed by atoms with Crippen molar-refractivity contribution < 1.29 is 14.3 Å². The van der Waals surface area contributed by atoms with E-state index in [9.17, 15) is 4.79 Å². The zero-order chi connectivity index (χ0) is 7.56. The van der Waals surface area contributed by atoms with Crippen LogP contribution in [-0.4, -0.2) is 30.7 Å². The maximum atomic E-state index is 10.7. The van der Waals surface area contributed by atoms with Gasteiger partial charge in [-0.15, -0.1) is 11.6 Å². The summed E-state index contributed by atoms with van der Waals surface area (Å²) in [5.41, 5.74) is 0. The van der Waals surface area contributed by atoms with E-state index in [1.807, 2.05) is 0 Å². The van der Waals surface area contributed by atoms with Crippen molar-refractivity contribution in [2.24, 2.45) is 0 Å². The molecule has 58 valence electrons. The molecule has 0 radical (unpaired) electrons. The number of carbonyl (C=O) groups is 1. The van der Waals surface area contributed by atoms with Crippen LogP contribution in [0.15, 0.2) is 0 Å². The molecule has 1 heterocycles. The summed E-state index contributed by atoms with van der Waals surface area (Å²) in [5, 5.41) is -0.557. The highest BCUT2D eigenvalue weighted by Gasteiger charge is 2.24. The Bertz CT molecular complexity index is 131. The first-order valence-electron chi connectivity index (χ1n) is 3.12. The third-order valence-corrected chi connectivity index (χ3v) is 1.32. The minimum atomic E-state index is -0.557. The summed E-state index contributed by atoms with van der Waals surface area (Å²) in [6.07, 6.45) is 0.124. The van der Waals surface area contributed by atoms with Gasteiger partial charge in [-0.05, 0) is 6.92 Å². The molecule has 1 aliphatic heterocycles. The summed E-state index contributed by atoms with van der Waals surface area (Å²) < 4.78 is 9.55. The number of ether oxygens (including phenoxy) is 2. The van der Waals surface area contributed by atoms with Gasteiger partial charge in [-0.25, -0.2) is 0 Å². The van der Waals surface area contributed by atoms with Gasteiger partial charge < -0.3 is 9.47 Å². The van der Waals surface area contributed by atoms with Gasteiger partial charge in [0.2, 0.25) is 0 Å². The van der Waals surface area contributed by atoms with E-state index >= 15 is 0 Å². The molecule has 0 aromatic heterocycles. The minimum Gasteiger partial charge on any atom is -0.462 e. The Morgan fingerprint density at radius 2 is 2.60 bits per heavy atom. The smallest absolute Gasteiger partial charge is 0.323 e. The van der Waals surface area contributed by atoms with E-state index in [2.05, 4.69) is 0 Å². The second kappa shape index (κ2) is 3.21. The fraction of sp³-hybridized carbons (Fsp3) is 0.833. The molecule has 1 fully saturated rings. The average molecular weight is 165 g/mol. The van der Waals surface area contributed by atoms with Crippen molar-refractivity contribution in [3.63, 3.8) is 0 Å². The first kappa shape index (κ1) is 7.82. The van der Waals surface area contributed by atoms with Crippen LogP contribution in [-0.2, 0) is 14.3 Å². The highest BCUT2D eigenvalue weighted by atomic mass is 35.5. The molecule has 1 rings (SSSR count). The molecule has 4 heteroatoms. The summed E-state index contributed by atoms with van der Waals surface area (Å²) in [7, 11) is 0. The summed E-state index contributed by atoms with van der Waals surface area (Å²) in [4.78, 5) is 10.7. The number of esters is 1. The normalized spacial score (nSPS) is 25.6. The lowest BCUT2D eigenvalue weighted by molar-refractivity contribution is -0.143. The molecule has 0 aliphatic carbocycles. The lowest BCUT2D eigenvalue weighted by atomic mass is 10.5. The van der Waals surface area contributed by atoms with E-state index in [1.54, 1.807) is 6.92 Å². The zero-order valence-electron chi connectivity index (χ0n) is 5.67. The molecular weight excluding hydrogens is 156 g/mol. The molecule has 0 saturated carbocycles. The number of halogens is 1. The predicted molar refractivity (Wildman–Crippen MR) is 36.0 cm³/mol. The van der Waals surface area contributed by atoms with E-state index in [-0.39, 0.29) is 12.1 Å². The summed E-state index contributed by atoms with van der Waals surface area (Å²) in [6.45, 7) is 2.62. The first-order chi connectivity index (χ1) is 4.70. The second-order valence-corrected chi connectivity index (χ2v) is 2.86. The van der Waals surface area contributed by atoms with Gasteiger partial charge in [0.25, 0.3) is 0 Å². The van der Waals surface area contributed by atoms with Crippen LogP contribution in [0.2, 0.25) is 0 Å². The number of rotatable bonds is 3. The third-order valence-electron chi connectivity index (χ3n) is 1.14. The van der Waals surface area contributed by atoms with Crippen LogP contribution in [0.1, 0.15) is 6.92 Å². The molecule has 2 atom stereocenters. The molecular formula is C6H9ClO3. The standard InChI is InChI=1S/C6H9ClO3/c1-4(7)6(8)10-3-5-2-9-5/h4-5H,2-3H2,1H3. The van der Waals surface area contributed by atoms with Crippen molar-refractivity contribution in [3.05, 3.63) is 0 Å². The quantitative estimate of drug-likeness (QED) is 0.348. The van der Waals surface area contributed by atoms with Crippen LogP contribution in [0, 0.1) is 0 Å². The van der Waals surface area contributed by atoms with Gasteiger partial charge in [-0.3, -0.25) is 4.79 Å². The fourth-order valence-corrected chi connectivity index (χ4v) is 0.517. The molecule has 3 nitrogen and oxygen atoms in total. The number of alkyl halides is 1. The van der Waals surface area contributed by atoms with Gasteiger partial charge >= 0.3 is 5.97 Å². The molecule has 0 bridgehead atoms. The molecule has 0 spiro atoms. The van der Waals surface area contributed by atoms with Crippen molar-refractivity contribution in [2.75, 3.05) is 13.2 Å². The van der Waals surface area contributed by atoms with Crippen molar-refractivity contribution in [1.29, 1.82) is 0 Å². The Morgan fingerprint density at radius 3 is 3.00 bits per heavy atom. The van der Waals surface area contributed by atoms with Crippen molar-refractivity contribution >= 4 is 17.6 Å². The lowest BCUT2D eigenvalue weighted by Gasteiger charge is -2.02. The molecule has 1 aliphatic rings. The maximum absolute atomic E-state index is 10.7. The summed E-state index contributed by atoms with van der Waals surface area (Å²) in [5.74, 6) is -0.378. The van der Waals surface area contributed by atoms with Gasteiger partial charge in [-0.2, -0.15) is 0 Å². The van der Waals surface area contributed by atoms with E-state index in [1.165, 1.54) is 0 Å². The molecule has 0 N–H and O–H groups in total. The Kier molecular flexibility index (Phi) is 2.51. The third kappa shape index (κ3) is 2.54. The van der Waals surface area contributed by atoms with Gasteiger partial charge in [0, 0.05) is 0 Å². The van der Waals surface area contributed by atoms with Gasteiger partial charge in [0.15, 0.2) is 0 Å². The van der Waals surface area contributed by atoms with Crippen LogP contribution < -0.4 is 0 Å². The number of hydrogen-bond acceptors (Lipinski definition) is 3. The topological polar surface area (TPSA) is 38.8 Å². The fourth-order valence-electron chi connectivity index (χ4n) is 0.454. The van der Waals surface area contributed by atoms with E-state index in [0.717, 1.165) is 0 Å². The molecule has 0 aromatic carbocycles. The average Bonchev–Trinajstić information content (AvgIpc) is 2.64. The number of epoxide rings is 1. The van der Waals surface area contributed by atoms with Crippen molar-refractivity contribution in [2.45, 2.75) is 18.4 Å². The molecule has 1 saturated heterocycles. The Hall–Kier alpha value is -0.280. The Labute approximate surface area is 64.3 Å². The number of hydrogen-bond donors (Lipinski definition) is 0. The molecule has 10 heavy (non-hydrogen) atoms. The van der Waals surface area contributed by atoms with Crippen LogP contribution >= 0.6 is 11.6 Å². The zero-order valence-corrected chi connectivity index (χ0v) is 6.43. The van der Waals surface area contributed by atoms with E-state index in [4.69, 9.17) is 21.1 Å². The van der Waals surface area contributed by atoms with Gasteiger partial charge in [-0.1, -0.05) is 0 Å². The van der Waals surface area contributed by atoms with Gasteiger partial charge in [0.05, 0.1) is 6.61 Å². The monoisotopic (exact) mass is 164 g/mol. The van der Waals surface area contributed by atoms with Crippen LogP contribution in [0.5, 0.6) is 0 Å². The molecule has 0 amide bonds. The van der Waals surface area contributed by atoms with Crippen molar-refractivity contribution in [1.82, 2.24) is 0 Å². The summed E-state index contributed by atoms with van der Waals surface area (Å²) >= 11 is 5.42. The lowest BCUT2D eigenvalue weighted by Crippen LogP contribution is -2.17. The highest BCUT2D eigenvalue weighted by Crippen LogP contribution is 2.09. The Morgan fingerprint density at radius 1 is 2.00 bits per heavy atom. The van der Waals surface area contributed by atoms with Crippen molar-refractivity contribution in [3.8, 4) is 0 Å². The van der Waals surface area contributed by atoms with E-state index in [0.29, 0.717) is 13.2 Å². The predicted octanol–water partition coefficient (Wildman–Crippen LogP) is 0.556. The summed E-state index contributed by atoms with van der Waals surface area (Å²) in [6, 6.07) is 0.